The molecule has 0 N–H and O–H groups in total. The molecule has 1 atom stereocenters. The van der Waals surface area contributed by atoms with Crippen LogP contribution in [0.1, 0.15) is 0 Å². The average molecular weight is 193 g/mol. The molecule has 0 fully saturated rings. The van der Waals surface area contributed by atoms with E-state index in [4.69, 9.17) is 8.85 Å². The lowest BCUT2D eigenvalue weighted by atomic mass is 11.6. The lowest BCUT2D eigenvalue weighted by Gasteiger charge is -2.34. The van der Waals surface area contributed by atoms with E-state index >= 15 is 0 Å². The zero-order valence-electron chi connectivity index (χ0n) is 8.34. The lowest BCUT2D eigenvalue weighted by Crippen LogP contribution is -2.55. The van der Waals surface area contributed by atoms with Crippen LogP contribution in [0.5, 0.6) is 0 Å². The SMILES string of the molecule is CO[SiH](C)N(C)[Si](C)(C)OC. The Hall–Kier alpha value is 0.314. The molecule has 5 heteroatoms. The molecule has 0 rings (SSSR count). The summed E-state index contributed by atoms with van der Waals surface area (Å²) in [5.74, 6) is 0. The Kier molecular flexibility index (Phi) is 4.49. The zero-order chi connectivity index (χ0) is 9.07. The number of hydrogen-bond acceptors (Lipinski definition) is 3. The number of hydrogen-bond donors (Lipinski definition) is 0. The van der Waals surface area contributed by atoms with Gasteiger partial charge in [0.2, 0.25) is 9.20 Å². The summed E-state index contributed by atoms with van der Waals surface area (Å²) < 4.78 is 13.1. The van der Waals surface area contributed by atoms with Crippen molar-refractivity contribution in [3.63, 3.8) is 0 Å². The van der Waals surface area contributed by atoms with E-state index in [0.29, 0.717) is 0 Å². The summed E-state index contributed by atoms with van der Waals surface area (Å²) in [4.78, 5) is 0. The van der Waals surface area contributed by atoms with Crippen molar-refractivity contribution < 1.29 is 8.85 Å². The first kappa shape index (κ1) is 11.3. The van der Waals surface area contributed by atoms with Crippen LogP contribution in [-0.2, 0) is 8.85 Å². The van der Waals surface area contributed by atoms with Crippen LogP contribution in [0.15, 0.2) is 0 Å². The van der Waals surface area contributed by atoms with E-state index in [1.807, 2.05) is 0 Å². The molecule has 0 aliphatic carbocycles. The molecule has 0 bridgehead atoms. The van der Waals surface area contributed by atoms with Crippen molar-refractivity contribution >= 4 is 17.7 Å². The van der Waals surface area contributed by atoms with Crippen LogP contribution in [0.3, 0.4) is 0 Å². The van der Waals surface area contributed by atoms with Crippen LogP contribution < -0.4 is 0 Å². The van der Waals surface area contributed by atoms with Crippen molar-refractivity contribution in [2.24, 2.45) is 0 Å². The molecule has 0 aliphatic rings. The van der Waals surface area contributed by atoms with Gasteiger partial charge in [0.15, 0.2) is 0 Å². The topological polar surface area (TPSA) is 21.7 Å². The van der Waals surface area contributed by atoms with Crippen LogP contribution in [0, 0.1) is 0 Å². The third kappa shape index (κ3) is 3.04. The Morgan fingerprint density at radius 1 is 1.27 bits per heavy atom. The fourth-order valence-corrected chi connectivity index (χ4v) is 5.48. The minimum absolute atomic E-state index is 1.15. The second-order valence-electron chi connectivity index (χ2n) is 3.10. The van der Waals surface area contributed by atoms with E-state index in [-0.39, 0.29) is 0 Å². The minimum Gasteiger partial charge on any atom is -0.409 e. The van der Waals surface area contributed by atoms with Gasteiger partial charge >= 0.3 is 0 Å². The molecule has 0 aromatic rings. The average Bonchev–Trinajstić information content (AvgIpc) is 2.01. The highest BCUT2D eigenvalue weighted by atomic mass is 28.4. The molecule has 0 aromatic carbocycles. The van der Waals surface area contributed by atoms with Gasteiger partial charge in [-0.05, 0) is 26.7 Å². The largest absolute Gasteiger partial charge is 0.409 e. The fraction of sp³-hybridized carbons (Fsp3) is 1.00. The molecule has 0 amide bonds. The van der Waals surface area contributed by atoms with Crippen LogP contribution >= 0.6 is 0 Å². The Balaban J connectivity index is 4.10. The Bertz CT molecular complexity index is 121. The van der Waals surface area contributed by atoms with Crippen LogP contribution in [0.4, 0.5) is 0 Å². The smallest absolute Gasteiger partial charge is 0.259 e. The first-order chi connectivity index (χ1) is 4.95. The molecular formula is C6H19NO2Si2. The van der Waals surface area contributed by atoms with E-state index in [9.17, 15) is 0 Å². The van der Waals surface area contributed by atoms with Crippen LogP contribution in [0.25, 0.3) is 0 Å². The maximum atomic E-state index is 5.44. The highest BCUT2D eigenvalue weighted by Gasteiger charge is 2.31. The molecule has 68 valence electrons. The summed E-state index contributed by atoms with van der Waals surface area (Å²) in [7, 11) is 2.90. The Morgan fingerprint density at radius 2 is 1.73 bits per heavy atom. The summed E-state index contributed by atoms with van der Waals surface area (Å²) in [5, 5.41) is 0. The van der Waals surface area contributed by atoms with E-state index in [1.165, 1.54) is 0 Å². The lowest BCUT2D eigenvalue weighted by molar-refractivity contribution is 0.332. The summed E-state index contributed by atoms with van der Waals surface area (Å²) >= 11 is 0. The monoisotopic (exact) mass is 193 g/mol. The van der Waals surface area contributed by atoms with Gasteiger partial charge in [-0.15, -0.1) is 0 Å². The molecule has 0 heterocycles. The third-order valence-corrected chi connectivity index (χ3v) is 9.66. The zero-order valence-corrected chi connectivity index (χ0v) is 10.5. The number of nitrogens with zero attached hydrogens (tertiary/aromatic N) is 1. The predicted molar refractivity (Wildman–Crippen MR) is 52.3 cm³/mol. The van der Waals surface area contributed by atoms with E-state index in [1.54, 1.807) is 14.2 Å². The molecule has 1 unspecified atom stereocenters. The second-order valence-corrected chi connectivity index (χ2v) is 10.1. The minimum atomic E-state index is -1.59. The standard InChI is InChI=1S/C6H19NO2Si2/c1-7(10(4)8-2)11(5,6)9-3/h10H,1-6H3. The Labute approximate surface area is 72.3 Å². The molecule has 0 spiro atoms. The van der Waals surface area contributed by atoms with Crippen molar-refractivity contribution in [3.05, 3.63) is 0 Å². The Morgan fingerprint density at radius 3 is 2.00 bits per heavy atom. The highest BCUT2D eigenvalue weighted by Crippen LogP contribution is 2.09. The summed E-state index contributed by atoms with van der Waals surface area (Å²) in [6.07, 6.45) is 0. The normalized spacial score (nSPS) is 15.5. The van der Waals surface area contributed by atoms with Gasteiger partial charge in [-0.2, -0.15) is 0 Å². The molecule has 0 aromatic heterocycles. The van der Waals surface area contributed by atoms with Crippen LogP contribution in [0.2, 0.25) is 19.6 Å². The van der Waals surface area contributed by atoms with Gasteiger partial charge < -0.3 is 13.1 Å². The summed E-state index contributed by atoms with van der Waals surface area (Å²) in [5.41, 5.74) is 0. The van der Waals surface area contributed by atoms with E-state index in [0.717, 1.165) is 0 Å². The molecule has 0 saturated carbocycles. The first-order valence-corrected chi connectivity index (χ1v) is 8.76. The predicted octanol–water partition coefficient (Wildman–Crippen LogP) is 0.763. The van der Waals surface area contributed by atoms with Gasteiger partial charge in [0.05, 0.1) is 0 Å². The van der Waals surface area contributed by atoms with Gasteiger partial charge in [-0.25, -0.2) is 0 Å². The van der Waals surface area contributed by atoms with Gasteiger partial charge in [0, 0.05) is 14.2 Å². The molecule has 0 radical (unpaired) electrons. The van der Waals surface area contributed by atoms with Gasteiger partial charge in [0.1, 0.15) is 0 Å². The van der Waals surface area contributed by atoms with E-state index in [2.05, 4.69) is 30.9 Å². The fourth-order valence-electron chi connectivity index (χ4n) is 0.740. The molecular weight excluding hydrogens is 174 g/mol. The first-order valence-electron chi connectivity index (χ1n) is 3.76. The van der Waals surface area contributed by atoms with Gasteiger partial charge in [0.25, 0.3) is 8.48 Å². The molecule has 3 nitrogen and oxygen atoms in total. The van der Waals surface area contributed by atoms with Crippen molar-refractivity contribution in [1.82, 2.24) is 4.23 Å². The van der Waals surface area contributed by atoms with Gasteiger partial charge in [-0.3, -0.25) is 0 Å². The van der Waals surface area contributed by atoms with E-state index < -0.39 is 17.7 Å². The maximum absolute atomic E-state index is 5.44. The van der Waals surface area contributed by atoms with Crippen molar-refractivity contribution in [2.75, 3.05) is 21.3 Å². The summed E-state index contributed by atoms with van der Waals surface area (Å²) in [6.45, 7) is 6.51. The molecule has 0 saturated heterocycles. The van der Waals surface area contributed by atoms with Crippen molar-refractivity contribution in [1.29, 1.82) is 0 Å². The van der Waals surface area contributed by atoms with Crippen LogP contribution in [-0.4, -0.2) is 43.2 Å². The maximum Gasteiger partial charge on any atom is 0.259 e. The van der Waals surface area contributed by atoms with Gasteiger partial charge in [-0.1, -0.05) is 0 Å². The molecule has 11 heavy (non-hydrogen) atoms. The second kappa shape index (κ2) is 4.37. The third-order valence-electron chi connectivity index (χ3n) is 2.24. The van der Waals surface area contributed by atoms with Crippen molar-refractivity contribution in [3.8, 4) is 0 Å². The summed E-state index contributed by atoms with van der Waals surface area (Å²) in [6, 6.07) is 0. The number of rotatable bonds is 4. The highest BCUT2D eigenvalue weighted by molar-refractivity contribution is 6.77. The quantitative estimate of drug-likeness (QED) is 0.616. The molecule has 0 aliphatic heterocycles. The van der Waals surface area contributed by atoms with Crippen molar-refractivity contribution in [2.45, 2.75) is 19.6 Å².